The van der Waals surface area contributed by atoms with E-state index in [0.29, 0.717) is 6.61 Å². The third-order valence-corrected chi connectivity index (χ3v) is 1.19. The van der Waals surface area contributed by atoms with Crippen molar-refractivity contribution in [3.63, 3.8) is 0 Å². The Hall–Kier alpha value is 1.69. The van der Waals surface area contributed by atoms with Crippen LogP contribution >= 0.6 is 0 Å². The molecule has 0 bridgehead atoms. The van der Waals surface area contributed by atoms with Crippen LogP contribution in [-0.4, -0.2) is 32.4 Å². The summed E-state index contributed by atoms with van der Waals surface area (Å²) in [5.74, 6) is 0. The fourth-order valence-electron chi connectivity index (χ4n) is 0.727. The van der Waals surface area contributed by atoms with Crippen molar-refractivity contribution in [2.24, 2.45) is 0 Å². The van der Waals surface area contributed by atoms with Crippen LogP contribution in [0, 0.1) is 0 Å². The van der Waals surface area contributed by atoms with Crippen LogP contribution in [0.1, 0.15) is 0 Å². The molecule has 1 heterocycles. The Bertz CT molecular complexity index is 66.0. The van der Waals surface area contributed by atoms with Gasteiger partial charge in [-0.25, -0.2) is 0 Å². The summed E-state index contributed by atoms with van der Waals surface area (Å²) in [5.41, 5.74) is 0. The van der Waals surface area contributed by atoms with Crippen molar-refractivity contribution in [1.82, 2.24) is 5.32 Å². The van der Waals surface area contributed by atoms with Crippen LogP contribution < -0.4 is 68.6 Å². The van der Waals surface area contributed by atoms with Gasteiger partial charge in [-0.2, -0.15) is 0 Å². The number of rotatable bonds is 1. The number of morpholine rings is 1. The second-order valence-electron chi connectivity index (χ2n) is 1.86. The molecule has 1 fully saturated rings. The maximum absolute atomic E-state index is 10.1. The molecule has 0 amide bonds. The summed E-state index contributed by atoms with van der Waals surface area (Å²) in [6.45, 7) is 2.18. The van der Waals surface area contributed by atoms with Crippen LogP contribution in [0.4, 0.5) is 0 Å². The van der Waals surface area contributed by atoms with E-state index in [2.05, 4.69) is 5.32 Å². The second-order valence-corrected chi connectivity index (χ2v) is 1.86. The van der Waals surface area contributed by atoms with Gasteiger partial charge in [0.2, 0.25) is 0 Å². The number of hydrogen-bond acceptors (Lipinski definition) is 3. The minimum Gasteiger partial charge on any atom is -0.853 e. The molecule has 1 unspecified atom stereocenters. The van der Waals surface area contributed by atoms with Crippen molar-refractivity contribution < 1.29 is 68.0 Å². The average Bonchev–Trinajstić information content (AvgIpc) is 1.90. The summed E-state index contributed by atoms with van der Waals surface area (Å²) >= 11 is 0. The summed E-state index contributed by atoms with van der Waals surface area (Å²) in [6, 6.07) is 0. The van der Waals surface area contributed by atoms with Gasteiger partial charge in [0, 0.05) is 13.1 Å². The predicted octanol–water partition coefficient (Wildman–Crippen LogP) is -4.66. The van der Waals surface area contributed by atoms with E-state index >= 15 is 0 Å². The molecule has 4 heteroatoms. The van der Waals surface area contributed by atoms with Crippen molar-refractivity contribution in [2.75, 3.05) is 26.3 Å². The molecule has 1 atom stereocenters. The molecule has 0 aromatic rings. The summed E-state index contributed by atoms with van der Waals surface area (Å²) in [7, 11) is 0. The molecule has 0 radical (unpaired) electrons. The predicted molar refractivity (Wildman–Crippen MR) is 27.5 cm³/mol. The molecule has 0 aromatic carbocycles. The molecule has 0 saturated carbocycles. The monoisotopic (exact) mass is 201 g/mol. The number of ether oxygens (including phenoxy) is 1. The maximum atomic E-state index is 10.1. The van der Waals surface area contributed by atoms with Gasteiger partial charge in [-0.15, -0.1) is 6.61 Å². The van der Waals surface area contributed by atoms with Gasteiger partial charge < -0.3 is 15.2 Å². The first-order valence-corrected chi connectivity index (χ1v) is 2.84. The van der Waals surface area contributed by atoms with Gasteiger partial charge in [0.25, 0.3) is 0 Å². The van der Waals surface area contributed by atoms with E-state index in [9.17, 15) is 5.11 Å². The van der Waals surface area contributed by atoms with Gasteiger partial charge in [0.1, 0.15) is 0 Å². The fourth-order valence-corrected chi connectivity index (χ4v) is 0.727. The van der Waals surface area contributed by atoms with Crippen LogP contribution in [0.2, 0.25) is 0 Å². The van der Waals surface area contributed by atoms with Gasteiger partial charge in [-0.05, 0) is 0 Å². The molecule has 0 aliphatic carbocycles. The third kappa shape index (κ3) is 4.19. The summed E-state index contributed by atoms with van der Waals surface area (Å²) in [4.78, 5) is 0. The van der Waals surface area contributed by atoms with Gasteiger partial charge >= 0.3 is 58.2 Å². The molecule has 1 N–H and O–H groups in total. The average molecular weight is 202 g/mol. The molecule has 48 valence electrons. The Morgan fingerprint density at radius 2 is 2.44 bits per heavy atom. The zero-order chi connectivity index (χ0) is 5.82. The molecule has 1 saturated heterocycles. The first-order valence-electron chi connectivity index (χ1n) is 2.84. The summed E-state index contributed by atoms with van der Waals surface area (Å²) in [6.07, 6.45) is -0.0799. The van der Waals surface area contributed by atoms with Crippen LogP contribution in [0.15, 0.2) is 0 Å². The van der Waals surface area contributed by atoms with Crippen LogP contribution in [0.5, 0.6) is 0 Å². The topological polar surface area (TPSA) is 44.3 Å². The third-order valence-electron chi connectivity index (χ3n) is 1.19. The molecule has 1 aliphatic heterocycles. The van der Waals surface area contributed by atoms with E-state index in [1.54, 1.807) is 0 Å². The van der Waals surface area contributed by atoms with E-state index < -0.39 is 0 Å². The van der Waals surface area contributed by atoms with Crippen molar-refractivity contribution in [3.8, 4) is 0 Å². The number of hydrogen-bond donors (Lipinski definition) is 1. The van der Waals surface area contributed by atoms with Crippen LogP contribution in [0.3, 0.4) is 0 Å². The smallest absolute Gasteiger partial charge is 0.853 e. The summed E-state index contributed by atoms with van der Waals surface area (Å²) < 4.78 is 5.05. The SMILES string of the molecule is [O-]CC1CNCCO1.[Rb+]. The van der Waals surface area contributed by atoms with Gasteiger partial charge in [0.05, 0.1) is 12.7 Å². The molecular weight excluding hydrogens is 192 g/mol. The van der Waals surface area contributed by atoms with Crippen molar-refractivity contribution in [2.45, 2.75) is 6.10 Å². The molecule has 3 nitrogen and oxygen atoms in total. The Labute approximate surface area is 104 Å². The van der Waals surface area contributed by atoms with Crippen molar-refractivity contribution in [1.29, 1.82) is 0 Å². The normalized spacial score (nSPS) is 27.0. The number of nitrogens with one attached hydrogen (secondary N) is 1. The van der Waals surface area contributed by atoms with E-state index in [1.165, 1.54) is 0 Å². The fraction of sp³-hybridized carbons (Fsp3) is 1.00. The van der Waals surface area contributed by atoms with Crippen LogP contribution in [-0.2, 0) is 4.74 Å². The van der Waals surface area contributed by atoms with E-state index in [1.807, 2.05) is 0 Å². The standard InChI is InChI=1S/C5H10NO2.Rb/c7-4-5-3-6-1-2-8-5;/h5-6H,1-4H2;/q-1;+1. The van der Waals surface area contributed by atoms with Crippen molar-refractivity contribution >= 4 is 0 Å². The van der Waals surface area contributed by atoms with E-state index in [-0.39, 0.29) is 70.9 Å². The molecule has 1 rings (SSSR count). The largest absolute Gasteiger partial charge is 1.00 e. The minimum atomic E-state index is -0.118. The molecule has 1 aliphatic rings. The zero-order valence-corrected chi connectivity index (χ0v) is 10.6. The van der Waals surface area contributed by atoms with Gasteiger partial charge in [-0.1, -0.05) is 0 Å². The molecular formula is C5H10NO2Rb. The Morgan fingerprint density at radius 1 is 1.67 bits per heavy atom. The molecule has 9 heavy (non-hydrogen) atoms. The van der Waals surface area contributed by atoms with E-state index in [0.717, 1.165) is 13.1 Å². The zero-order valence-electron chi connectivity index (χ0n) is 5.72. The Kier molecular flexibility index (Phi) is 7.60. The summed E-state index contributed by atoms with van der Waals surface area (Å²) in [5, 5.41) is 13.2. The van der Waals surface area contributed by atoms with Gasteiger partial charge in [0.15, 0.2) is 0 Å². The molecule has 0 spiro atoms. The Morgan fingerprint density at radius 3 is 2.78 bits per heavy atom. The first-order chi connectivity index (χ1) is 3.93. The first kappa shape index (κ1) is 10.7. The quantitative estimate of drug-likeness (QED) is 0.464. The molecule has 0 aromatic heterocycles. The van der Waals surface area contributed by atoms with Crippen LogP contribution in [0.25, 0.3) is 0 Å². The maximum Gasteiger partial charge on any atom is 1.00 e. The van der Waals surface area contributed by atoms with E-state index in [4.69, 9.17) is 4.74 Å². The minimum absolute atomic E-state index is 0. The second kappa shape index (κ2) is 6.40. The van der Waals surface area contributed by atoms with Gasteiger partial charge in [-0.3, -0.25) is 0 Å². The Balaban J connectivity index is 0.000000640. The van der Waals surface area contributed by atoms with Crippen molar-refractivity contribution in [3.05, 3.63) is 0 Å².